The molecule has 2 unspecified atom stereocenters. The molecule has 0 bridgehead atoms. The van der Waals surface area contributed by atoms with E-state index in [9.17, 15) is 9.18 Å². The summed E-state index contributed by atoms with van der Waals surface area (Å²) in [6, 6.07) is 16.3. The molecular formula is C23H32FIN4O2. The highest BCUT2D eigenvalue weighted by molar-refractivity contribution is 14.0. The number of nitrogens with zero attached hydrogens (tertiary/aromatic N) is 2. The summed E-state index contributed by atoms with van der Waals surface area (Å²) in [7, 11) is 3.39. The van der Waals surface area contributed by atoms with E-state index in [1.165, 1.54) is 11.0 Å². The Labute approximate surface area is 201 Å². The molecule has 31 heavy (non-hydrogen) atoms. The standard InChI is InChI=1S/C23H31FN4O2.HI/c1-5-19(30-21-14-10-9-13-20(21)24)15-25-23(26-16-22(29)28(3)4)27-17(2)18-11-7-6-8-12-18;/h6-14,17,19H,5,15-16H2,1-4H3,(H2,25,26,27);1H. The van der Waals surface area contributed by atoms with E-state index in [1.54, 1.807) is 32.3 Å². The highest BCUT2D eigenvalue weighted by atomic mass is 127. The third-order valence-electron chi connectivity index (χ3n) is 4.61. The first-order valence-corrected chi connectivity index (χ1v) is 10.1. The van der Waals surface area contributed by atoms with Gasteiger partial charge in [0.2, 0.25) is 5.91 Å². The van der Waals surface area contributed by atoms with E-state index < -0.39 is 5.82 Å². The van der Waals surface area contributed by atoms with Crippen molar-refractivity contribution in [2.24, 2.45) is 4.99 Å². The second kappa shape index (κ2) is 13.8. The molecule has 0 saturated heterocycles. The maximum absolute atomic E-state index is 13.9. The number of amides is 1. The first-order valence-electron chi connectivity index (χ1n) is 10.1. The quantitative estimate of drug-likeness (QED) is 0.286. The summed E-state index contributed by atoms with van der Waals surface area (Å²) in [5, 5.41) is 6.55. The van der Waals surface area contributed by atoms with Gasteiger partial charge >= 0.3 is 0 Å². The maximum atomic E-state index is 13.9. The molecule has 0 saturated carbocycles. The third kappa shape index (κ3) is 9.12. The number of ether oxygens (including phenoxy) is 1. The lowest BCUT2D eigenvalue weighted by Gasteiger charge is -2.22. The molecule has 0 fully saturated rings. The maximum Gasteiger partial charge on any atom is 0.243 e. The fourth-order valence-electron chi connectivity index (χ4n) is 2.67. The summed E-state index contributed by atoms with van der Waals surface area (Å²) in [4.78, 5) is 17.9. The van der Waals surface area contributed by atoms with Crippen molar-refractivity contribution in [2.75, 3.05) is 27.2 Å². The van der Waals surface area contributed by atoms with Gasteiger partial charge in [-0.1, -0.05) is 49.4 Å². The van der Waals surface area contributed by atoms with E-state index in [2.05, 4.69) is 15.6 Å². The number of rotatable bonds is 9. The van der Waals surface area contributed by atoms with E-state index in [-0.39, 0.29) is 54.3 Å². The van der Waals surface area contributed by atoms with E-state index >= 15 is 0 Å². The molecule has 6 nitrogen and oxygen atoms in total. The van der Waals surface area contributed by atoms with Crippen LogP contribution in [0.4, 0.5) is 4.39 Å². The average molecular weight is 542 g/mol. The Morgan fingerprint density at radius 2 is 1.77 bits per heavy atom. The summed E-state index contributed by atoms with van der Waals surface area (Å²) in [5.41, 5.74) is 1.10. The van der Waals surface area contributed by atoms with E-state index in [4.69, 9.17) is 4.74 Å². The van der Waals surface area contributed by atoms with E-state index in [0.29, 0.717) is 18.9 Å². The lowest BCUT2D eigenvalue weighted by atomic mass is 10.1. The molecule has 0 radical (unpaired) electrons. The van der Waals surface area contributed by atoms with Crippen molar-refractivity contribution in [3.05, 3.63) is 66.0 Å². The van der Waals surface area contributed by atoms with Crippen LogP contribution in [0.2, 0.25) is 0 Å². The second-order valence-electron chi connectivity index (χ2n) is 7.19. The Morgan fingerprint density at radius 3 is 2.39 bits per heavy atom. The van der Waals surface area contributed by atoms with Crippen LogP contribution in [0.25, 0.3) is 0 Å². The number of nitrogens with one attached hydrogen (secondary N) is 2. The van der Waals surface area contributed by atoms with Gasteiger partial charge in [-0.25, -0.2) is 9.38 Å². The average Bonchev–Trinajstić information content (AvgIpc) is 2.75. The predicted octanol–water partition coefficient (Wildman–Crippen LogP) is 3.99. The van der Waals surface area contributed by atoms with Crippen LogP contribution < -0.4 is 15.4 Å². The summed E-state index contributed by atoms with van der Waals surface area (Å²) in [5.74, 6) is 0.227. The third-order valence-corrected chi connectivity index (χ3v) is 4.61. The van der Waals surface area contributed by atoms with Gasteiger partial charge in [0.15, 0.2) is 17.5 Å². The van der Waals surface area contributed by atoms with Crippen molar-refractivity contribution in [3.63, 3.8) is 0 Å². The normalized spacial score (nSPS) is 12.9. The number of guanidine groups is 1. The van der Waals surface area contributed by atoms with Crippen molar-refractivity contribution >= 4 is 35.8 Å². The molecule has 8 heteroatoms. The molecule has 170 valence electrons. The van der Waals surface area contributed by atoms with Gasteiger partial charge in [-0.2, -0.15) is 0 Å². The monoisotopic (exact) mass is 542 g/mol. The van der Waals surface area contributed by atoms with Crippen molar-refractivity contribution in [2.45, 2.75) is 32.4 Å². The Kier molecular flexibility index (Phi) is 11.9. The highest BCUT2D eigenvalue weighted by Gasteiger charge is 2.14. The first-order chi connectivity index (χ1) is 14.4. The number of carbonyl (C=O) groups excluding carboxylic acids is 1. The van der Waals surface area contributed by atoms with Crippen molar-refractivity contribution in [3.8, 4) is 5.75 Å². The van der Waals surface area contributed by atoms with Crippen LogP contribution in [0, 0.1) is 5.82 Å². The summed E-state index contributed by atoms with van der Waals surface area (Å²) in [6.45, 7) is 4.43. The largest absolute Gasteiger partial charge is 0.486 e. The minimum atomic E-state index is -0.391. The summed E-state index contributed by atoms with van der Waals surface area (Å²) >= 11 is 0. The van der Waals surface area contributed by atoms with Crippen LogP contribution in [-0.4, -0.2) is 50.1 Å². The highest BCUT2D eigenvalue weighted by Crippen LogP contribution is 2.18. The summed E-state index contributed by atoms with van der Waals surface area (Å²) in [6.07, 6.45) is 0.421. The fourth-order valence-corrected chi connectivity index (χ4v) is 2.67. The molecular weight excluding hydrogens is 510 g/mol. The Bertz CT molecular complexity index is 833. The minimum Gasteiger partial charge on any atom is -0.486 e. The molecule has 0 heterocycles. The predicted molar refractivity (Wildman–Crippen MR) is 134 cm³/mol. The summed E-state index contributed by atoms with van der Waals surface area (Å²) < 4.78 is 19.7. The second-order valence-corrected chi connectivity index (χ2v) is 7.19. The topological polar surface area (TPSA) is 66.0 Å². The number of hydrogen-bond acceptors (Lipinski definition) is 3. The van der Waals surface area contributed by atoms with Crippen LogP contribution in [0.3, 0.4) is 0 Å². The Balaban J connectivity index is 0.00000480. The molecule has 0 aliphatic rings. The number of hydrogen-bond donors (Lipinski definition) is 2. The van der Waals surface area contributed by atoms with Crippen LogP contribution in [0.15, 0.2) is 59.6 Å². The van der Waals surface area contributed by atoms with E-state index in [1.807, 2.05) is 44.2 Å². The van der Waals surface area contributed by atoms with Crippen molar-refractivity contribution < 1.29 is 13.9 Å². The van der Waals surface area contributed by atoms with E-state index in [0.717, 1.165) is 5.56 Å². The van der Waals surface area contributed by atoms with Gasteiger partial charge in [0.05, 0.1) is 12.6 Å². The van der Waals surface area contributed by atoms with Gasteiger partial charge in [-0.15, -0.1) is 24.0 Å². The number of halogens is 2. The molecule has 2 aromatic carbocycles. The molecule has 2 aromatic rings. The van der Waals surface area contributed by atoms with Crippen LogP contribution in [0.5, 0.6) is 5.75 Å². The molecule has 1 amide bonds. The number of para-hydroxylation sites is 1. The van der Waals surface area contributed by atoms with Gasteiger partial charge in [0.1, 0.15) is 12.6 Å². The van der Waals surface area contributed by atoms with Crippen LogP contribution in [0.1, 0.15) is 31.9 Å². The van der Waals surface area contributed by atoms with Gasteiger partial charge in [-0.05, 0) is 31.0 Å². The number of benzene rings is 2. The Morgan fingerprint density at radius 1 is 1.13 bits per heavy atom. The number of carbonyl (C=O) groups is 1. The molecule has 0 aromatic heterocycles. The van der Waals surface area contributed by atoms with Crippen LogP contribution in [-0.2, 0) is 4.79 Å². The lowest BCUT2D eigenvalue weighted by Crippen LogP contribution is -2.44. The number of likely N-dealkylation sites (N-methyl/N-ethyl adjacent to an activating group) is 1. The fraction of sp³-hybridized carbons (Fsp3) is 0.391. The van der Waals surface area contributed by atoms with Crippen molar-refractivity contribution in [1.82, 2.24) is 15.5 Å². The van der Waals surface area contributed by atoms with Gasteiger partial charge in [0.25, 0.3) is 0 Å². The molecule has 2 atom stereocenters. The Hall–Kier alpha value is -2.36. The SMILES string of the molecule is CCC(CNC(=NCC(=O)N(C)C)NC(C)c1ccccc1)Oc1ccccc1F.I. The molecule has 2 N–H and O–H groups in total. The smallest absolute Gasteiger partial charge is 0.243 e. The zero-order valence-electron chi connectivity index (χ0n) is 18.5. The van der Waals surface area contributed by atoms with Gasteiger partial charge in [0, 0.05) is 14.1 Å². The minimum absolute atomic E-state index is 0. The molecule has 0 aliphatic carbocycles. The zero-order chi connectivity index (χ0) is 21.9. The first kappa shape index (κ1) is 26.7. The zero-order valence-corrected chi connectivity index (χ0v) is 20.8. The number of aliphatic imine (C=N–C) groups is 1. The lowest BCUT2D eigenvalue weighted by molar-refractivity contribution is -0.127. The molecule has 0 spiro atoms. The molecule has 0 aliphatic heterocycles. The van der Waals surface area contributed by atoms with Gasteiger partial charge < -0.3 is 20.3 Å². The van der Waals surface area contributed by atoms with Crippen molar-refractivity contribution in [1.29, 1.82) is 0 Å². The van der Waals surface area contributed by atoms with Crippen LogP contribution >= 0.6 is 24.0 Å². The molecule has 2 rings (SSSR count). The van der Waals surface area contributed by atoms with Gasteiger partial charge in [-0.3, -0.25) is 4.79 Å².